The van der Waals surface area contributed by atoms with Gasteiger partial charge in [-0.15, -0.1) is 0 Å². The summed E-state index contributed by atoms with van der Waals surface area (Å²) in [5.41, 5.74) is 7.92. The Morgan fingerprint density at radius 2 is 2.05 bits per heavy atom. The first-order valence-electron chi connectivity index (χ1n) is 6.05. The highest BCUT2D eigenvalue weighted by molar-refractivity contribution is 5.58. The largest absolute Gasteiger partial charge is 0.439 e. The Labute approximate surface area is 115 Å². The zero-order valence-corrected chi connectivity index (χ0v) is 10.9. The molecule has 0 saturated carbocycles. The number of aromatic nitrogens is 4. The summed E-state index contributed by atoms with van der Waals surface area (Å²) >= 11 is 0. The van der Waals surface area contributed by atoms with E-state index in [4.69, 9.17) is 10.5 Å². The van der Waals surface area contributed by atoms with Gasteiger partial charge in [-0.2, -0.15) is 5.10 Å². The molecule has 3 heterocycles. The van der Waals surface area contributed by atoms with Crippen LogP contribution < -0.4 is 10.5 Å². The normalized spacial score (nSPS) is 10.4. The number of aryl methyl sites for hydroxylation is 1. The van der Waals surface area contributed by atoms with Crippen molar-refractivity contribution in [1.29, 1.82) is 0 Å². The van der Waals surface area contributed by atoms with Crippen LogP contribution in [-0.4, -0.2) is 19.7 Å². The molecule has 0 saturated heterocycles. The fourth-order valence-corrected chi connectivity index (χ4v) is 1.76. The summed E-state index contributed by atoms with van der Waals surface area (Å²) in [7, 11) is 1.86. The molecule has 6 nitrogen and oxygen atoms in total. The summed E-state index contributed by atoms with van der Waals surface area (Å²) < 4.78 is 7.40. The van der Waals surface area contributed by atoms with Gasteiger partial charge in [-0.3, -0.25) is 9.67 Å². The molecular weight excluding hydrogens is 254 g/mol. The summed E-state index contributed by atoms with van der Waals surface area (Å²) in [6, 6.07) is 7.08. The van der Waals surface area contributed by atoms with Gasteiger partial charge in [0.25, 0.3) is 0 Å². The highest BCUT2D eigenvalue weighted by atomic mass is 16.5. The molecule has 2 N–H and O–H groups in total. The van der Waals surface area contributed by atoms with Crippen molar-refractivity contribution < 1.29 is 4.74 Å². The first-order chi connectivity index (χ1) is 9.70. The number of nitrogens with two attached hydrogens (primary N) is 1. The van der Waals surface area contributed by atoms with E-state index in [1.165, 1.54) is 0 Å². The van der Waals surface area contributed by atoms with E-state index in [2.05, 4.69) is 15.1 Å². The molecule has 0 atom stereocenters. The van der Waals surface area contributed by atoms with E-state index in [0.717, 1.165) is 11.3 Å². The molecule has 0 fully saturated rings. The van der Waals surface area contributed by atoms with Crippen LogP contribution in [0, 0.1) is 0 Å². The average Bonchev–Trinajstić information content (AvgIpc) is 2.89. The maximum absolute atomic E-state index is 5.67. The minimum atomic E-state index is 0.488. The number of pyridine rings is 2. The predicted octanol–water partition coefficient (Wildman–Crippen LogP) is 2.25. The van der Waals surface area contributed by atoms with E-state index in [1.807, 2.05) is 19.3 Å². The molecule has 0 bridgehead atoms. The smallest absolute Gasteiger partial charge is 0.219 e. The third kappa shape index (κ3) is 2.59. The third-order valence-corrected chi connectivity index (χ3v) is 2.71. The molecule has 0 amide bonds. The molecule has 3 rings (SSSR count). The molecule has 3 aromatic rings. The van der Waals surface area contributed by atoms with Crippen molar-refractivity contribution >= 4 is 5.69 Å². The zero-order valence-electron chi connectivity index (χ0n) is 10.9. The van der Waals surface area contributed by atoms with Gasteiger partial charge in [0.1, 0.15) is 5.75 Å². The van der Waals surface area contributed by atoms with Crippen LogP contribution in [0.15, 0.2) is 49.1 Å². The second-order valence-electron chi connectivity index (χ2n) is 4.31. The molecule has 3 aromatic heterocycles. The Morgan fingerprint density at radius 3 is 2.75 bits per heavy atom. The molecule has 20 heavy (non-hydrogen) atoms. The van der Waals surface area contributed by atoms with E-state index < -0.39 is 0 Å². The quantitative estimate of drug-likeness (QED) is 0.787. The summed E-state index contributed by atoms with van der Waals surface area (Å²) in [5.74, 6) is 1.15. The van der Waals surface area contributed by atoms with E-state index in [9.17, 15) is 0 Å². The number of rotatable bonds is 3. The average molecular weight is 267 g/mol. The number of hydrogen-bond donors (Lipinski definition) is 1. The van der Waals surface area contributed by atoms with Gasteiger partial charge < -0.3 is 10.5 Å². The highest BCUT2D eigenvalue weighted by Gasteiger charge is 2.05. The van der Waals surface area contributed by atoms with Gasteiger partial charge in [0.15, 0.2) is 0 Å². The lowest BCUT2D eigenvalue weighted by Crippen LogP contribution is -1.91. The molecule has 0 aliphatic heterocycles. The maximum Gasteiger partial charge on any atom is 0.219 e. The summed E-state index contributed by atoms with van der Waals surface area (Å²) in [6.45, 7) is 0. The van der Waals surface area contributed by atoms with Crippen LogP contribution in [0.4, 0.5) is 5.69 Å². The van der Waals surface area contributed by atoms with Gasteiger partial charge >= 0.3 is 0 Å². The van der Waals surface area contributed by atoms with Crippen molar-refractivity contribution in [3.8, 4) is 22.9 Å². The van der Waals surface area contributed by atoms with Crippen LogP contribution >= 0.6 is 0 Å². The van der Waals surface area contributed by atoms with E-state index >= 15 is 0 Å². The van der Waals surface area contributed by atoms with Crippen LogP contribution in [-0.2, 0) is 7.05 Å². The minimum Gasteiger partial charge on any atom is -0.439 e. The molecule has 0 aliphatic rings. The molecule has 100 valence electrons. The predicted molar refractivity (Wildman–Crippen MR) is 75.2 cm³/mol. The van der Waals surface area contributed by atoms with Crippen molar-refractivity contribution in [2.24, 2.45) is 7.05 Å². The molecule has 6 heteroatoms. The third-order valence-electron chi connectivity index (χ3n) is 2.71. The van der Waals surface area contributed by atoms with Crippen molar-refractivity contribution in [3.05, 3.63) is 49.1 Å². The second-order valence-corrected chi connectivity index (χ2v) is 4.31. The molecular formula is C14H13N5O. The fraction of sp³-hybridized carbons (Fsp3) is 0.0714. The van der Waals surface area contributed by atoms with Gasteiger partial charge in [-0.1, -0.05) is 0 Å². The SMILES string of the molecule is Cn1cc(-c2cc(Oc3ccc(N)cn3)ccn2)cn1. The van der Waals surface area contributed by atoms with Crippen molar-refractivity contribution in [2.75, 3.05) is 5.73 Å². The molecule has 0 radical (unpaired) electrons. The van der Waals surface area contributed by atoms with E-state index in [-0.39, 0.29) is 0 Å². The number of ether oxygens (including phenoxy) is 1. The number of nitrogen functional groups attached to an aromatic ring is 1. The van der Waals surface area contributed by atoms with Crippen molar-refractivity contribution in [3.63, 3.8) is 0 Å². The lowest BCUT2D eigenvalue weighted by Gasteiger charge is -2.05. The van der Waals surface area contributed by atoms with Gasteiger partial charge in [-0.05, 0) is 12.1 Å². The maximum atomic E-state index is 5.67. The topological polar surface area (TPSA) is 78.9 Å². The lowest BCUT2D eigenvalue weighted by atomic mass is 10.2. The van der Waals surface area contributed by atoms with Gasteiger partial charge in [0.05, 0.1) is 23.8 Å². The fourth-order valence-electron chi connectivity index (χ4n) is 1.76. The van der Waals surface area contributed by atoms with E-state index in [1.54, 1.807) is 41.5 Å². The second kappa shape index (κ2) is 5.00. The first-order valence-corrected chi connectivity index (χ1v) is 6.05. The van der Waals surface area contributed by atoms with Crippen molar-refractivity contribution in [1.82, 2.24) is 19.7 Å². The molecule has 0 aliphatic carbocycles. The summed E-state index contributed by atoms with van der Waals surface area (Å²) in [5, 5.41) is 4.13. The van der Waals surface area contributed by atoms with Crippen LogP contribution in [0.5, 0.6) is 11.6 Å². The Bertz CT molecular complexity index is 720. The van der Waals surface area contributed by atoms with Crippen LogP contribution in [0.3, 0.4) is 0 Å². The number of anilines is 1. The Hall–Kier alpha value is -2.89. The van der Waals surface area contributed by atoms with Gasteiger partial charge in [0, 0.05) is 37.1 Å². The Morgan fingerprint density at radius 1 is 1.15 bits per heavy atom. The van der Waals surface area contributed by atoms with Crippen molar-refractivity contribution in [2.45, 2.75) is 0 Å². The number of nitrogens with zero attached hydrogens (tertiary/aromatic N) is 4. The van der Waals surface area contributed by atoms with Crippen LogP contribution in [0.2, 0.25) is 0 Å². The molecule has 0 spiro atoms. The Kier molecular flexibility index (Phi) is 3.04. The first kappa shape index (κ1) is 12.2. The number of hydrogen-bond acceptors (Lipinski definition) is 5. The van der Waals surface area contributed by atoms with Crippen LogP contribution in [0.25, 0.3) is 11.3 Å². The molecule has 0 unspecified atom stereocenters. The zero-order chi connectivity index (χ0) is 13.9. The van der Waals surface area contributed by atoms with Crippen LogP contribution in [0.1, 0.15) is 0 Å². The van der Waals surface area contributed by atoms with E-state index in [0.29, 0.717) is 17.3 Å². The minimum absolute atomic E-state index is 0.488. The highest BCUT2D eigenvalue weighted by Crippen LogP contribution is 2.24. The van der Waals surface area contributed by atoms with Gasteiger partial charge in [-0.25, -0.2) is 4.98 Å². The standard InChI is InChI=1S/C14H13N5O/c1-19-9-10(7-18-19)13-6-12(4-5-16-13)20-14-3-2-11(15)8-17-14/h2-9H,15H2,1H3. The molecule has 0 aromatic carbocycles. The summed E-state index contributed by atoms with van der Waals surface area (Å²) in [4.78, 5) is 8.40. The monoisotopic (exact) mass is 267 g/mol. The Balaban J connectivity index is 1.86. The summed E-state index contributed by atoms with van der Waals surface area (Å²) in [6.07, 6.45) is 6.90. The van der Waals surface area contributed by atoms with Gasteiger partial charge in [0.2, 0.25) is 5.88 Å². The lowest BCUT2D eigenvalue weighted by molar-refractivity contribution is 0.463.